The van der Waals surface area contributed by atoms with Crippen LogP contribution in [0.25, 0.3) is 0 Å². The third-order valence-corrected chi connectivity index (χ3v) is 3.61. The van der Waals surface area contributed by atoms with Gasteiger partial charge in [-0.15, -0.1) is 0 Å². The second-order valence-electron chi connectivity index (χ2n) is 5.77. The Bertz CT molecular complexity index is 867. The van der Waals surface area contributed by atoms with Crippen LogP contribution in [0.5, 0.6) is 0 Å². The van der Waals surface area contributed by atoms with E-state index in [2.05, 4.69) is 21.6 Å². The molecule has 0 saturated carbocycles. The van der Waals surface area contributed by atoms with Crippen LogP contribution < -0.4 is 16.8 Å². The average molecular weight is 441 g/mol. The quantitative estimate of drug-likeness (QED) is 0.0710. The minimum atomic E-state index is 0.226. The minimum absolute atomic E-state index is 0.226. The number of hydrogen-bond acceptors (Lipinski definition) is 6. The molecule has 1 aromatic carbocycles. The van der Waals surface area contributed by atoms with E-state index in [9.17, 15) is 4.79 Å². The fourth-order valence-corrected chi connectivity index (χ4v) is 2.07. The summed E-state index contributed by atoms with van der Waals surface area (Å²) in [6, 6.07) is 5.14. The summed E-state index contributed by atoms with van der Waals surface area (Å²) in [5, 5.41) is 18.2. The summed E-state index contributed by atoms with van der Waals surface area (Å²) >= 11 is 0. The number of likely N-dealkylation sites (N-methyl/N-ethyl adjacent to an activating group) is 1. The first-order valence-corrected chi connectivity index (χ1v) is 9.98. The lowest BCUT2D eigenvalue weighted by Gasteiger charge is -2.09. The molecule has 7 N–H and O–H groups in total. The van der Waals surface area contributed by atoms with E-state index in [0.717, 1.165) is 12.0 Å². The summed E-state index contributed by atoms with van der Waals surface area (Å²) in [5.74, 6) is 0.226. The Morgan fingerprint density at radius 3 is 2.47 bits per heavy atom. The highest BCUT2D eigenvalue weighted by Crippen LogP contribution is 2.17. The monoisotopic (exact) mass is 440 g/mol. The number of ether oxygens (including phenoxy) is 1. The molecule has 0 bridgehead atoms. The van der Waals surface area contributed by atoms with Gasteiger partial charge < -0.3 is 26.9 Å². The number of methoxy groups -OCH3 is 1. The molecular weight excluding hydrogens is 404 g/mol. The number of benzene rings is 1. The lowest BCUT2D eigenvalue weighted by atomic mass is 10.0. The van der Waals surface area contributed by atoms with E-state index in [-0.39, 0.29) is 5.84 Å². The van der Waals surface area contributed by atoms with Crippen LogP contribution in [0.2, 0.25) is 0 Å². The summed E-state index contributed by atoms with van der Waals surface area (Å²) in [7, 11) is 3.34. The van der Waals surface area contributed by atoms with Crippen LogP contribution in [0, 0.1) is 10.8 Å². The number of amidine groups is 1. The Labute approximate surface area is 191 Å². The molecule has 0 atom stereocenters. The summed E-state index contributed by atoms with van der Waals surface area (Å²) in [5.41, 5.74) is 15.2. The van der Waals surface area contributed by atoms with Gasteiger partial charge in [-0.25, -0.2) is 4.99 Å². The maximum Gasteiger partial charge on any atom is 0.149 e. The Balaban J connectivity index is 0. The smallest absolute Gasteiger partial charge is 0.149 e. The van der Waals surface area contributed by atoms with E-state index in [4.69, 9.17) is 22.3 Å². The minimum Gasteiger partial charge on any atom is -0.504 e. The van der Waals surface area contributed by atoms with E-state index < -0.39 is 0 Å². The number of carbonyl (C=O) groups is 1. The van der Waals surface area contributed by atoms with Crippen molar-refractivity contribution in [3.05, 3.63) is 77.7 Å². The number of nitrogens with two attached hydrogens (primary N) is 2. The van der Waals surface area contributed by atoms with Crippen molar-refractivity contribution in [1.82, 2.24) is 5.32 Å². The van der Waals surface area contributed by atoms with Gasteiger partial charge in [-0.05, 0) is 37.3 Å². The van der Waals surface area contributed by atoms with Crippen molar-refractivity contribution in [3.8, 4) is 0 Å². The summed E-state index contributed by atoms with van der Waals surface area (Å²) < 4.78 is 4.51. The van der Waals surface area contributed by atoms with E-state index >= 15 is 0 Å². The Morgan fingerprint density at radius 2 is 1.97 bits per heavy atom. The van der Waals surface area contributed by atoms with Gasteiger partial charge in [-0.2, -0.15) is 0 Å². The van der Waals surface area contributed by atoms with Crippen LogP contribution in [-0.2, 0) is 9.53 Å². The zero-order valence-electron chi connectivity index (χ0n) is 19.6. The molecule has 0 aliphatic heterocycles. The van der Waals surface area contributed by atoms with Gasteiger partial charge in [0.2, 0.25) is 0 Å². The van der Waals surface area contributed by atoms with Crippen molar-refractivity contribution >= 4 is 29.9 Å². The maximum atomic E-state index is 9.80. The molecule has 0 aliphatic carbocycles. The van der Waals surface area contributed by atoms with Crippen molar-refractivity contribution in [1.29, 1.82) is 10.8 Å². The van der Waals surface area contributed by atoms with E-state index in [1.54, 1.807) is 18.2 Å². The third-order valence-electron chi connectivity index (χ3n) is 3.61. The molecule has 0 amide bonds. The average Bonchev–Trinajstić information content (AvgIpc) is 2.82. The van der Waals surface area contributed by atoms with Crippen LogP contribution in [0.3, 0.4) is 0 Å². The molecule has 8 nitrogen and oxygen atoms in total. The zero-order chi connectivity index (χ0) is 24.9. The maximum absolute atomic E-state index is 9.80. The van der Waals surface area contributed by atoms with E-state index in [1.165, 1.54) is 19.4 Å². The topological polar surface area (TPSA) is 150 Å². The van der Waals surface area contributed by atoms with Crippen LogP contribution >= 0.6 is 0 Å². The number of aliphatic imine (C=N–C) groups is 1. The number of nitrogens with one attached hydrogen (secondary N) is 3. The molecule has 32 heavy (non-hydrogen) atoms. The standard InChI is InChI=1S/C16H22N6.C6H8O2.C2H6/c1-3-4-12(21-2)6-8-15(19)13-9-11(5-7-14(13)18)16(20)22-10-17;1-6(5-7)3-4-8-2;1-2/h3-7,9-10,19,21H,8,18H2,1-2H3,(H3,17,20,22);3-5H,1H2,2H3;1-2H3/b4-3-,12-6+,19-15?;4-3-;. The number of anilines is 1. The number of rotatable bonds is 10. The molecule has 0 aliphatic rings. The predicted molar refractivity (Wildman–Crippen MR) is 136 cm³/mol. The first kappa shape index (κ1) is 30.3. The first-order chi connectivity index (χ1) is 15.3. The molecule has 174 valence electrons. The summed E-state index contributed by atoms with van der Waals surface area (Å²) in [6.45, 7) is 9.31. The number of hydrogen-bond donors (Lipinski definition) is 5. The van der Waals surface area contributed by atoms with E-state index in [1.807, 2.05) is 46.0 Å². The van der Waals surface area contributed by atoms with Gasteiger partial charge in [0.05, 0.1) is 13.4 Å². The van der Waals surface area contributed by atoms with Gasteiger partial charge in [-0.1, -0.05) is 32.6 Å². The normalized spacial score (nSPS) is 11.0. The van der Waals surface area contributed by atoms with E-state index in [0.29, 0.717) is 40.8 Å². The Hall–Kier alpha value is -3.94. The van der Waals surface area contributed by atoms with Crippen LogP contribution in [-0.4, -0.2) is 38.3 Å². The highest BCUT2D eigenvalue weighted by molar-refractivity contribution is 6.07. The van der Waals surface area contributed by atoms with Crippen molar-refractivity contribution in [2.75, 3.05) is 19.9 Å². The molecule has 0 radical (unpaired) electrons. The summed E-state index contributed by atoms with van der Waals surface area (Å²) in [4.78, 5) is 13.5. The number of nitrogen functional groups attached to an aromatic ring is 1. The second kappa shape index (κ2) is 19.0. The fraction of sp³-hybridized carbons (Fsp3) is 0.250. The van der Waals surface area contributed by atoms with Gasteiger partial charge in [0, 0.05) is 47.3 Å². The second-order valence-corrected chi connectivity index (χ2v) is 5.77. The van der Waals surface area contributed by atoms with Gasteiger partial charge in [-0.3, -0.25) is 10.2 Å². The highest BCUT2D eigenvalue weighted by Gasteiger charge is 2.08. The SMILES string of the molecule is C/C=C\C(=C/CC(=N)c1cc(C(N)=NC=N)ccc1N)NC.C=C(C=O)/C=C\OC.CC. The largest absolute Gasteiger partial charge is 0.504 e. The van der Waals surface area contributed by atoms with Gasteiger partial charge >= 0.3 is 0 Å². The number of carbonyl (C=O) groups excluding carboxylic acids is 1. The molecule has 8 heteroatoms. The molecule has 0 aromatic heterocycles. The molecule has 0 spiro atoms. The third kappa shape index (κ3) is 12.6. The highest BCUT2D eigenvalue weighted by atomic mass is 16.5. The number of allylic oxidation sites excluding steroid dienone is 5. The Kier molecular flexibility index (Phi) is 18.0. The molecule has 1 aromatic rings. The lowest BCUT2D eigenvalue weighted by Crippen LogP contribution is -2.15. The van der Waals surface area contributed by atoms with Gasteiger partial charge in [0.25, 0.3) is 0 Å². The van der Waals surface area contributed by atoms with Crippen LogP contribution in [0.1, 0.15) is 38.3 Å². The van der Waals surface area contributed by atoms with Crippen LogP contribution in [0.4, 0.5) is 5.69 Å². The van der Waals surface area contributed by atoms with Crippen molar-refractivity contribution in [2.24, 2.45) is 10.7 Å². The van der Waals surface area contributed by atoms with Crippen molar-refractivity contribution in [2.45, 2.75) is 27.2 Å². The molecule has 0 heterocycles. The van der Waals surface area contributed by atoms with Crippen LogP contribution in [0.15, 0.2) is 71.6 Å². The Morgan fingerprint density at radius 1 is 1.31 bits per heavy atom. The first-order valence-electron chi connectivity index (χ1n) is 9.98. The molecule has 0 fully saturated rings. The predicted octanol–water partition coefficient (Wildman–Crippen LogP) is 3.95. The number of nitrogens with zero attached hydrogens (tertiary/aromatic N) is 1. The molecule has 0 saturated heterocycles. The molecular formula is C24H36N6O2. The number of aldehydes is 1. The van der Waals surface area contributed by atoms with Gasteiger partial charge in [0.15, 0.2) is 0 Å². The van der Waals surface area contributed by atoms with Crippen molar-refractivity contribution < 1.29 is 9.53 Å². The lowest BCUT2D eigenvalue weighted by molar-refractivity contribution is -0.104. The summed E-state index contributed by atoms with van der Waals surface area (Å²) in [6.07, 6.45) is 10.7. The zero-order valence-corrected chi connectivity index (χ0v) is 19.6. The fourth-order valence-electron chi connectivity index (χ4n) is 2.07. The van der Waals surface area contributed by atoms with Gasteiger partial charge in [0.1, 0.15) is 18.5 Å². The van der Waals surface area contributed by atoms with Crippen molar-refractivity contribution in [3.63, 3.8) is 0 Å². The molecule has 1 rings (SSSR count). The molecule has 0 unspecified atom stereocenters.